The molecule has 4 aromatic rings. The van der Waals surface area contributed by atoms with E-state index < -0.39 is 0 Å². The summed E-state index contributed by atoms with van der Waals surface area (Å²) in [7, 11) is 0. The Kier molecular flexibility index (Phi) is 6.68. The average molecular weight is 486 g/mol. The Morgan fingerprint density at radius 1 is 1.00 bits per heavy atom. The van der Waals surface area contributed by atoms with E-state index in [1.165, 1.54) is 11.1 Å². The lowest BCUT2D eigenvalue weighted by atomic mass is 10.1. The number of aromatic nitrogens is 1. The molecule has 1 aromatic heterocycles. The molecule has 0 saturated heterocycles. The maximum absolute atomic E-state index is 13.0. The van der Waals surface area contributed by atoms with Crippen molar-refractivity contribution in [2.24, 2.45) is 0 Å². The zero-order valence-electron chi connectivity index (χ0n) is 19.5. The summed E-state index contributed by atoms with van der Waals surface area (Å²) in [6.45, 7) is 4.01. The van der Waals surface area contributed by atoms with E-state index in [4.69, 9.17) is 21.7 Å². The molecule has 0 spiro atoms. The van der Waals surface area contributed by atoms with E-state index in [-0.39, 0.29) is 12.4 Å². The summed E-state index contributed by atoms with van der Waals surface area (Å²) in [5.74, 6) is 1.33. The number of aryl methyl sites for hydroxylation is 1. The number of hydrogen-bond donors (Lipinski definition) is 2. The Balaban J connectivity index is 1.39. The standard InChI is InChI=1S/C28H27N3O3S/c1-19-7-5-6-10-21(19)11-12-31(28(35)29-16-20-8-3-2-4-9-20)17-23-13-22-14-25-26(34-18-33-25)15-24(22)30-27(23)32/h2-10,13-15H,11-12,16-18H2,1H3,(H,29,35)(H,30,32). The third-order valence-corrected chi connectivity index (χ3v) is 6.66. The van der Waals surface area contributed by atoms with Crippen LogP contribution >= 0.6 is 12.2 Å². The van der Waals surface area contributed by atoms with Gasteiger partial charge in [-0.05, 0) is 54.4 Å². The first-order valence-electron chi connectivity index (χ1n) is 11.6. The van der Waals surface area contributed by atoms with E-state index in [0.717, 1.165) is 22.9 Å². The van der Waals surface area contributed by atoms with E-state index in [9.17, 15) is 4.79 Å². The lowest BCUT2D eigenvalue weighted by Crippen LogP contribution is -2.41. The number of H-pyrrole nitrogens is 1. The number of benzene rings is 3. The molecule has 0 unspecified atom stereocenters. The van der Waals surface area contributed by atoms with Crippen LogP contribution in [0.25, 0.3) is 10.9 Å². The second-order valence-corrected chi connectivity index (χ2v) is 9.05. The summed E-state index contributed by atoms with van der Waals surface area (Å²) in [5, 5.41) is 4.88. The van der Waals surface area contributed by atoms with Crippen LogP contribution < -0.4 is 20.3 Å². The van der Waals surface area contributed by atoms with Gasteiger partial charge < -0.3 is 24.7 Å². The summed E-state index contributed by atoms with van der Waals surface area (Å²) in [5.41, 5.74) is 4.89. The monoisotopic (exact) mass is 485 g/mol. The fraction of sp³-hybridized carbons (Fsp3) is 0.214. The highest BCUT2D eigenvalue weighted by molar-refractivity contribution is 7.80. The highest BCUT2D eigenvalue weighted by Gasteiger charge is 2.17. The van der Waals surface area contributed by atoms with Crippen molar-refractivity contribution in [2.45, 2.75) is 26.4 Å². The zero-order chi connectivity index (χ0) is 24.2. The highest BCUT2D eigenvalue weighted by atomic mass is 32.1. The Hall–Kier alpha value is -3.84. The Morgan fingerprint density at radius 3 is 2.54 bits per heavy atom. The first kappa shape index (κ1) is 22.9. The van der Waals surface area contributed by atoms with E-state index in [2.05, 4.69) is 52.5 Å². The predicted molar refractivity (Wildman–Crippen MR) is 142 cm³/mol. The van der Waals surface area contributed by atoms with Crippen molar-refractivity contribution in [3.05, 3.63) is 105 Å². The van der Waals surface area contributed by atoms with Gasteiger partial charge in [0.2, 0.25) is 6.79 Å². The summed E-state index contributed by atoms with van der Waals surface area (Å²) >= 11 is 5.79. The average Bonchev–Trinajstić information content (AvgIpc) is 3.32. The van der Waals surface area contributed by atoms with Gasteiger partial charge in [-0.15, -0.1) is 0 Å². The number of thiocarbonyl (C=S) groups is 1. The van der Waals surface area contributed by atoms with Gasteiger partial charge in [0.15, 0.2) is 16.6 Å². The van der Waals surface area contributed by atoms with E-state index in [1.807, 2.05) is 42.5 Å². The van der Waals surface area contributed by atoms with Gasteiger partial charge >= 0.3 is 0 Å². The molecule has 35 heavy (non-hydrogen) atoms. The third kappa shape index (κ3) is 5.30. The van der Waals surface area contributed by atoms with E-state index >= 15 is 0 Å². The number of nitrogens with one attached hydrogen (secondary N) is 2. The summed E-state index contributed by atoms with van der Waals surface area (Å²) < 4.78 is 11.0. The molecule has 2 heterocycles. The molecular weight excluding hydrogens is 458 g/mol. The molecule has 1 aliphatic rings. The van der Waals surface area contributed by atoms with Crippen LogP contribution in [0.15, 0.2) is 77.6 Å². The van der Waals surface area contributed by atoms with Crippen molar-refractivity contribution in [3.8, 4) is 11.5 Å². The maximum atomic E-state index is 13.0. The van der Waals surface area contributed by atoms with Crippen molar-refractivity contribution in [1.82, 2.24) is 15.2 Å². The predicted octanol–water partition coefficient (Wildman–Crippen LogP) is 4.68. The van der Waals surface area contributed by atoms with Crippen LogP contribution in [0.4, 0.5) is 0 Å². The topological polar surface area (TPSA) is 66.6 Å². The summed E-state index contributed by atoms with van der Waals surface area (Å²) in [4.78, 5) is 18.0. The normalized spacial score (nSPS) is 12.0. The quantitative estimate of drug-likeness (QED) is 0.371. The second kappa shape index (κ2) is 10.2. The third-order valence-electron chi connectivity index (χ3n) is 6.26. The van der Waals surface area contributed by atoms with Crippen molar-refractivity contribution in [2.75, 3.05) is 13.3 Å². The number of rotatable bonds is 7. The number of hydrogen-bond acceptors (Lipinski definition) is 4. The number of ether oxygens (including phenoxy) is 2. The molecule has 0 saturated carbocycles. The molecule has 5 rings (SSSR count). The van der Waals surface area contributed by atoms with Crippen LogP contribution in [-0.2, 0) is 19.5 Å². The van der Waals surface area contributed by atoms with Gasteiger partial charge in [0.25, 0.3) is 5.56 Å². The van der Waals surface area contributed by atoms with E-state index in [0.29, 0.717) is 41.8 Å². The molecule has 0 atom stereocenters. The molecule has 178 valence electrons. The number of aromatic amines is 1. The van der Waals surface area contributed by atoms with Gasteiger partial charge in [0.05, 0.1) is 12.1 Å². The SMILES string of the molecule is Cc1ccccc1CCN(Cc1cc2cc3c(cc2[nH]c1=O)OCO3)C(=S)NCc1ccccc1. The van der Waals surface area contributed by atoms with Gasteiger partial charge in [-0.25, -0.2) is 0 Å². The molecule has 6 nitrogen and oxygen atoms in total. The van der Waals surface area contributed by atoms with Crippen LogP contribution in [0.1, 0.15) is 22.3 Å². The second-order valence-electron chi connectivity index (χ2n) is 8.66. The van der Waals surface area contributed by atoms with Gasteiger partial charge in [-0.2, -0.15) is 0 Å². The molecule has 0 amide bonds. The molecule has 2 N–H and O–H groups in total. The molecule has 0 radical (unpaired) electrons. The Morgan fingerprint density at radius 2 is 1.74 bits per heavy atom. The lowest BCUT2D eigenvalue weighted by molar-refractivity contribution is 0.174. The van der Waals surface area contributed by atoms with Crippen LogP contribution in [0.3, 0.4) is 0 Å². The van der Waals surface area contributed by atoms with Crippen LogP contribution in [0.2, 0.25) is 0 Å². The summed E-state index contributed by atoms with van der Waals surface area (Å²) in [6, 6.07) is 24.1. The van der Waals surface area contributed by atoms with Gasteiger partial charge in [-0.3, -0.25) is 4.79 Å². The number of nitrogens with zero attached hydrogens (tertiary/aromatic N) is 1. The molecule has 0 bridgehead atoms. The minimum atomic E-state index is -0.136. The Labute approximate surface area is 209 Å². The first-order valence-corrected chi connectivity index (χ1v) is 12.0. The smallest absolute Gasteiger partial charge is 0.253 e. The fourth-order valence-electron chi connectivity index (χ4n) is 4.25. The van der Waals surface area contributed by atoms with Crippen LogP contribution in [0, 0.1) is 6.92 Å². The van der Waals surface area contributed by atoms with Crippen LogP contribution in [0.5, 0.6) is 11.5 Å². The van der Waals surface area contributed by atoms with E-state index in [1.54, 1.807) is 0 Å². The maximum Gasteiger partial charge on any atom is 0.253 e. The largest absolute Gasteiger partial charge is 0.454 e. The van der Waals surface area contributed by atoms with Crippen molar-refractivity contribution >= 4 is 28.2 Å². The molecule has 0 fully saturated rings. The number of pyridine rings is 1. The molecule has 0 aliphatic carbocycles. The molecule has 3 aromatic carbocycles. The van der Waals surface area contributed by atoms with Crippen molar-refractivity contribution in [3.63, 3.8) is 0 Å². The number of fused-ring (bicyclic) bond motifs is 2. The zero-order valence-corrected chi connectivity index (χ0v) is 20.4. The molecule has 1 aliphatic heterocycles. The Bertz CT molecular complexity index is 1420. The molecular formula is C28H27N3O3S. The van der Waals surface area contributed by atoms with Gasteiger partial charge in [0, 0.05) is 30.1 Å². The fourth-order valence-corrected chi connectivity index (χ4v) is 4.48. The highest BCUT2D eigenvalue weighted by Crippen LogP contribution is 2.35. The van der Waals surface area contributed by atoms with Crippen LogP contribution in [-0.4, -0.2) is 28.3 Å². The minimum Gasteiger partial charge on any atom is -0.454 e. The van der Waals surface area contributed by atoms with Gasteiger partial charge in [0.1, 0.15) is 0 Å². The van der Waals surface area contributed by atoms with Crippen molar-refractivity contribution in [1.29, 1.82) is 0 Å². The van der Waals surface area contributed by atoms with Gasteiger partial charge in [-0.1, -0.05) is 54.6 Å². The van der Waals surface area contributed by atoms with Crippen molar-refractivity contribution < 1.29 is 9.47 Å². The molecule has 7 heteroatoms. The summed E-state index contributed by atoms with van der Waals surface area (Å²) in [6.07, 6.45) is 0.823. The lowest BCUT2D eigenvalue weighted by Gasteiger charge is -2.26. The first-order chi connectivity index (χ1) is 17.1. The minimum absolute atomic E-state index is 0.136.